The summed E-state index contributed by atoms with van der Waals surface area (Å²) in [4.78, 5) is 17.3. The van der Waals surface area contributed by atoms with Crippen molar-refractivity contribution in [3.05, 3.63) is 54.7 Å². The van der Waals surface area contributed by atoms with Crippen LogP contribution in [0.5, 0.6) is 5.75 Å². The van der Waals surface area contributed by atoms with Gasteiger partial charge in [0, 0.05) is 23.9 Å². The smallest absolute Gasteiger partial charge is 0.224 e. The summed E-state index contributed by atoms with van der Waals surface area (Å²) in [5.74, 6) is 0.616. The minimum absolute atomic E-state index is 0.0157. The number of nitrogens with two attached hydrogens (primary N) is 1. The summed E-state index contributed by atoms with van der Waals surface area (Å²) in [6.45, 7) is 1.83. The molecule has 1 amide bonds. The first-order valence-corrected chi connectivity index (χ1v) is 9.96. The van der Waals surface area contributed by atoms with E-state index in [9.17, 15) is 4.79 Å². The highest BCUT2D eigenvalue weighted by Gasteiger charge is 2.13. The molecule has 4 aromatic rings. The summed E-state index contributed by atoms with van der Waals surface area (Å²) >= 11 is 1.39. The lowest BCUT2D eigenvalue weighted by atomic mass is 10.1. The van der Waals surface area contributed by atoms with Crippen molar-refractivity contribution in [2.45, 2.75) is 13.3 Å². The average Bonchev–Trinajstić information content (AvgIpc) is 3.17. The van der Waals surface area contributed by atoms with Crippen LogP contribution in [0.25, 0.3) is 32.6 Å². The minimum Gasteiger partial charge on any atom is -0.495 e. The van der Waals surface area contributed by atoms with Crippen LogP contribution in [0.15, 0.2) is 54.7 Å². The Balaban J connectivity index is 1.71. The van der Waals surface area contributed by atoms with Crippen LogP contribution in [-0.4, -0.2) is 22.4 Å². The largest absolute Gasteiger partial charge is 0.495 e. The Kier molecular flexibility index (Phi) is 5.14. The maximum absolute atomic E-state index is 11.7. The molecule has 4 rings (SSSR count). The number of carbonyl (C=O) groups excluding carboxylic acids is 1. The van der Waals surface area contributed by atoms with E-state index >= 15 is 0 Å². The van der Waals surface area contributed by atoms with Crippen LogP contribution in [0.1, 0.15) is 13.3 Å². The number of hydrogen-bond acceptors (Lipinski definition) is 6. The Hall–Kier alpha value is -3.45. The van der Waals surface area contributed by atoms with Gasteiger partial charge in [-0.2, -0.15) is 4.37 Å². The minimum atomic E-state index is -0.0157. The molecule has 0 atom stereocenters. The molecule has 2 heterocycles. The molecule has 2 aromatic heterocycles. The van der Waals surface area contributed by atoms with E-state index in [1.54, 1.807) is 7.11 Å². The lowest BCUT2D eigenvalue weighted by molar-refractivity contribution is -0.115. The number of rotatable bonds is 5. The molecule has 0 aliphatic rings. The molecule has 0 spiro atoms. The predicted octanol–water partition coefficient (Wildman–Crippen LogP) is 4.96. The van der Waals surface area contributed by atoms with Gasteiger partial charge in [-0.25, -0.2) is 0 Å². The van der Waals surface area contributed by atoms with Gasteiger partial charge in [-0.1, -0.05) is 25.1 Å². The molecular weight excluding hydrogens is 384 g/mol. The van der Waals surface area contributed by atoms with E-state index < -0.39 is 0 Å². The number of amides is 1. The monoisotopic (exact) mass is 404 g/mol. The van der Waals surface area contributed by atoms with Crippen molar-refractivity contribution in [2.24, 2.45) is 0 Å². The van der Waals surface area contributed by atoms with Crippen LogP contribution >= 0.6 is 11.5 Å². The van der Waals surface area contributed by atoms with Crippen molar-refractivity contribution in [1.82, 2.24) is 9.36 Å². The molecule has 0 aliphatic carbocycles. The van der Waals surface area contributed by atoms with Gasteiger partial charge in [0.1, 0.15) is 16.8 Å². The fourth-order valence-corrected chi connectivity index (χ4v) is 3.87. The zero-order valence-electron chi connectivity index (χ0n) is 16.1. The second kappa shape index (κ2) is 7.89. The van der Waals surface area contributed by atoms with Crippen LogP contribution in [0.2, 0.25) is 0 Å². The summed E-state index contributed by atoms with van der Waals surface area (Å²) in [5.41, 5.74) is 11.8. The first-order chi connectivity index (χ1) is 14.1. The van der Waals surface area contributed by atoms with Crippen molar-refractivity contribution < 1.29 is 9.53 Å². The normalized spacial score (nSPS) is 10.8. The third-order valence-electron chi connectivity index (χ3n) is 4.61. The van der Waals surface area contributed by atoms with Gasteiger partial charge < -0.3 is 15.8 Å². The highest BCUT2D eigenvalue weighted by molar-refractivity contribution is 7.11. The third-order valence-corrected chi connectivity index (χ3v) is 5.51. The van der Waals surface area contributed by atoms with Crippen molar-refractivity contribution in [2.75, 3.05) is 18.2 Å². The molecule has 3 N–H and O–H groups in total. The summed E-state index contributed by atoms with van der Waals surface area (Å²) in [6, 6.07) is 15.4. The van der Waals surface area contributed by atoms with Gasteiger partial charge >= 0.3 is 0 Å². The lowest BCUT2D eigenvalue weighted by Gasteiger charge is -2.08. The molecule has 0 saturated heterocycles. The Bertz CT molecular complexity index is 1200. The van der Waals surface area contributed by atoms with E-state index in [4.69, 9.17) is 10.5 Å². The number of pyridine rings is 1. The predicted molar refractivity (Wildman–Crippen MR) is 118 cm³/mol. The number of ether oxygens (including phenoxy) is 1. The topological polar surface area (TPSA) is 90.1 Å². The molecule has 146 valence electrons. The molecule has 29 heavy (non-hydrogen) atoms. The van der Waals surface area contributed by atoms with Gasteiger partial charge in [0.2, 0.25) is 5.91 Å². The van der Waals surface area contributed by atoms with E-state index in [2.05, 4.69) is 14.7 Å². The number of fused-ring (bicyclic) bond motifs is 1. The molecule has 0 aliphatic heterocycles. The maximum Gasteiger partial charge on any atom is 0.224 e. The van der Waals surface area contributed by atoms with Crippen molar-refractivity contribution >= 4 is 39.8 Å². The quantitative estimate of drug-likeness (QED) is 0.459. The lowest BCUT2D eigenvalue weighted by Crippen LogP contribution is -2.09. The average molecular weight is 404 g/mol. The van der Waals surface area contributed by atoms with Gasteiger partial charge in [-0.3, -0.25) is 9.78 Å². The number of nitrogens with one attached hydrogen (secondary N) is 1. The van der Waals surface area contributed by atoms with Gasteiger partial charge in [0.05, 0.1) is 17.7 Å². The van der Waals surface area contributed by atoms with Gasteiger partial charge in [-0.15, -0.1) is 0 Å². The first-order valence-electron chi connectivity index (χ1n) is 9.18. The SMILES string of the molecule is CCC(=O)Nc1cccc(-c2snc3cc(-c4ccc(N)c(OC)c4)cnc23)c1. The molecule has 0 saturated carbocycles. The number of anilines is 2. The number of nitrogens with zero attached hydrogens (tertiary/aromatic N) is 2. The molecular formula is C22H20N4O2S. The standard InChI is InChI=1S/C22H20N4O2S/c1-3-20(27)25-16-6-4-5-14(9-16)22-21-18(26-29-22)10-15(12-24-21)13-7-8-17(23)19(11-13)28-2/h4-12H,3,23H2,1-2H3,(H,25,27). The van der Waals surface area contributed by atoms with Gasteiger partial charge in [-0.05, 0) is 53.0 Å². The Labute approximate surface area is 172 Å². The molecule has 7 heteroatoms. The number of benzene rings is 2. The molecule has 0 fully saturated rings. The van der Waals surface area contributed by atoms with Crippen LogP contribution in [0.4, 0.5) is 11.4 Å². The Morgan fingerprint density at radius 1 is 1.14 bits per heavy atom. The summed E-state index contributed by atoms with van der Waals surface area (Å²) in [7, 11) is 1.60. The summed E-state index contributed by atoms with van der Waals surface area (Å²) in [6.07, 6.45) is 2.27. The van der Waals surface area contributed by atoms with E-state index in [-0.39, 0.29) is 5.91 Å². The fraction of sp³-hybridized carbons (Fsp3) is 0.136. The first kappa shape index (κ1) is 18.9. The molecule has 0 bridgehead atoms. The van der Waals surface area contributed by atoms with Crippen LogP contribution in [0, 0.1) is 0 Å². The molecule has 2 aromatic carbocycles. The maximum atomic E-state index is 11.7. The van der Waals surface area contributed by atoms with Crippen LogP contribution < -0.4 is 15.8 Å². The number of hydrogen-bond donors (Lipinski definition) is 2. The Morgan fingerprint density at radius 3 is 2.79 bits per heavy atom. The molecule has 0 unspecified atom stereocenters. The van der Waals surface area contributed by atoms with E-state index in [0.29, 0.717) is 17.9 Å². The van der Waals surface area contributed by atoms with Crippen LogP contribution in [-0.2, 0) is 4.79 Å². The number of carbonyl (C=O) groups is 1. The third kappa shape index (κ3) is 3.77. The van der Waals surface area contributed by atoms with E-state index in [1.165, 1.54) is 11.5 Å². The zero-order valence-corrected chi connectivity index (χ0v) is 16.9. The number of methoxy groups -OCH3 is 1. The van der Waals surface area contributed by atoms with Crippen LogP contribution in [0.3, 0.4) is 0 Å². The summed E-state index contributed by atoms with van der Waals surface area (Å²) in [5, 5.41) is 2.89. The highest BCUT2D eigenvalue weighted by Crippen LogP contribution is 2.35. The molecule has 6 nitrogen and oxygen atoms in total. The van der Waals surface area contributed by atoms with E-state index in [1.807, 2.05) is 61.7 Å². The second-order valence-corrected chi connectivity index (χ2v) is 7.32. The van der Waals surface area contributed by atoms with Gasteiger partial charge in [0.15, 0.2) is 0 Å². The van der Waals surface area contributed by atoms with Crippen molar-refractivity contribution in [1.29, 1.82) is 0 Å². The van der Waals surface area contributed by atoms with Crippen molar-refractivity contribution in [3.63, 3.8) is 0 Å². The fourth-order valence-electron chi connectivity index (χ4n) is 3.06. The molecule has 0 radical (unpaired) electrons. The highest BCUT2D eigenvalue weighted by atomic mass is 32.1. The number of aromatic nitrogens is 2. The zero-order chi connectivity index (χ0) is 20.4. The van der Waals surface area contributed by atoms with Crippen molar-refractivity contribution in [3.8, 4) is 27.3 Å². The number of nitrogen functional groups attached to an aromatic ring is 1. The Morgan fingerprint density at radius 2 is 2.00 bits per heavy atom. The van der Waals surface area contributed by atoms with Gasteiger partial charge in [0.25, 0.3) is 0 Å². The van der Waals surface area contributed by atoms with E-state index in [0.717, 1.165) is 38.3 Å². The second-order valence-electron chi connectivity index (χ2n) is 6.54. The summed E-state index contributed by atoms with van der Waals surface area (Å²) < 4.78 is 9.90.